The Kier molecular flexibility index (Phi) is 11.6. The molecule has 2 aliphatic rings. The van der Waals surface area contributed by atoms with Crippen molar-refractivity contribution in [2.24, 2.45) is 0 Å². The SMILES string of the molecule is Fc1ccc(P(O[C@@H]2[C@@H](OP(c3ccc(F)cc3)c3ccc(F)cc3)[C@H](Oc3ccccc3)O[C@@H]3COC(c4ccccc4)O[C@@H]23)c2ccc(F)cc2)cc1. The van der Waals surface area contributed by atoms with Crippen molar-refractivity contribution in [3.05, 3.63) is 187 Å². The first-order valence-electron chi connectivity index (χ1n) is 17.5. The predicted octanol–water partition coefficient (Wildman–Crippen LogP) is 8.33. The Bertz CT molecular complexity index is 2040. The maximum Gasteiger partial charge on any atom is 0.229 e. The lowest BCUT2D eigenvalue weighted by Gasteiger charge is -2.50. The van der Waals surface area contributed by atoms with Crippen molar-refractivity contribution in [3.63, 3.8) is 0 Å². The molecule has 280 valence electrons. The highest BCUT2D eigenvalue weighted by Gasteiger charge is 2.54. The smallest absolute Gasteiger partial charge is 0.229 e. The number of para-hydroxylation sites is 1. The first-order valence-corrected chi connectivity index (χ1v) is 20.1. The highest BCUT2D eigenvalue weighted by atomic mass is 31.1. The van der Waals surface area contributed by atoms with Crippen molar-refractivity contribution in [2.75, 3.05) is 6.61 Å². The van der Waals surface area contributed by atoms with Gasteiger partial charge in [-0.05, 0) is 109 Å². The van der Waals surface area contributed by atoms with Gasteiger partial charge in [-0.15, -0.1) is 0 Å². The third kappa shape index (κ3) is 8.82. The van der Waals surface area contributed by atoms with E-state index in [1.165, 1.54) is 48.5 Å². The fourth-order valence-electron chi connectivity index (χ4n) is 6.38. The second kappa shape index (κ2) is 17.1. The van der Waals surface area contributed by atoms with Crippen LogP contribution in [0.2, 0.25) is 0 Å². The molecule has 2 heterocycles. The number of hydrogen-bond acceptors (Lipinski definition) is 6. The van der Waals surface area contributed by atoms with E-state index in [4.69, 9.17) is 28.0 Å². The van der Waals surface area contributed by atoms with Gasteiger partial charge in [-0.25, -0.2) is 17.6 Å². The molecule has 6 nitrogen and oxygen atoms in total. The number of halogens is 4. The molecule has 2 saturated heterocycles. The van der Waals surface area contributed by atoms with Crippen LogP contribution < -0.4 is 26.0 Å². The van der Waals surface area contributed by atoms with Crippen LogP contribution in [0.1, 0.15) is 11.9 Å². The lowest BCUT2D eigenvalue weighted by Crippen LogP contribution is -2.64. The van der Waals surface area contributed by atoms with E-state index in [0.717, 1.165) is 5.56 Å². The molecule has 2 aliphatic heterocycles. The van der Waals surface area contributed by atoms with Crippen LogP contribution >= 0.6 is 16.3 Å². The molecule has 0 radical (unpaired) electrons. The number of hydrogen-bond donors (Lipinski definition) is 0. The van der Waals surface area contributed by atoms with Gasteiger partial charge < -0.3 is 28.0 Å². The molecule has 6 aromatic carbocycles. The fourth-order valence-corrected chi connectivity index (χ4v) is 10.1. The molecular weight excluding hydrogens is 750 g/mol. The van der Waals surface area contributed by atoms with Gasteiger partial charge in [0, 0.05) is 26.8 Å². The minimum atomic E-state index is -1.80. The third-order valence-electron chi connectivity index (χ3n) is 9.05. The van der Waals surface area contributed by atoms with Crippen LogP contribution in [0.5, 0.6) is 5.75 Å². The maximum atomic E-state index is 14.3. The van der Waals surface area contributed by atoms with Crippen LogP contribution in [0.3, 0.4) is 0 Å². The van der Waals surface area contributed by atoms with Crippen molar-refractivity contribution in [2.45, 2.75) is 37.0 Å². The van der Waals surface area contributed by atoms with Crippen molar-refractivity contribution < 1.29 is 45.6 Å². The van der Waals surface area contributed by atoms with Crippen LogP contribution in [0.25, 0.3) is 0 Å². The summed E-state index contributed by atoms with van der Waals surface area (Å²) >= 11 is 0. The van der Waals surface area contributed by atoms with Gasteiger partial charge in [0.1, 0.15) is 47.3 Å². The summed E-state index contributed by atoms with van der Waals surface area (Å²) in [4.78, 5) is 0. The van der Waals surface area contributed by atoms with Crippen LogP contribution in [-0.2, 0) is 23.3 Å². The lowest BCUT2D eigenvalue weighted by molar-refractivity contribution is -0.342. The summed E-state index contributed by atoms with van der Waals surface area (Å²) < 4.78 is 97.8. The molecule has 2 fully saturated rings. The predicted molar refractivity (Wildman–Crippen MR) is 203 cm³/mol. The van der Waals surface area contributed by atoms with Gasteiger partial charge in [0.25, 0.3) is 0 Å². The molecular formula is C43H34F4O6P2. The van der Waals surface area contributed by atoms with Crippen molar-refractivity contribution in [1.29, 1.82) is 0 Å². The van der Waals surface area contributed by atoms with E-state index in [0.29, 0.717) is 27.0 Å². The zero-order valence-corrected chi connectivity index (χ0v) is 30.8. The standard InChI is InChI=1S/C43H34F4O6P2/c44-29-11-19-34(20-12-29)54(35-21-13-30(45)14-22-35)52-40-39-38(27-48-42(51-39)28-7-3-1-4-8-28)50-43(49-33-9-5-2-6-10-33)41(40)53-55(36-23-15-31(46)16-24-36)37-25-17-32(47)18-26-37/h1-26,38-43H,27H2/t38-,39-,40+,41-,42?,43-/m1/s1. The van der Waals surface area contributed by atoms with E-state index in [2.05, 4.69) is 0 Å². The largest absolute Gasteiger partial charge is 0.462 e. The molecule has 0 bridgehead atoms. The first kappa shape index (κ1) is 37.4. The number of ether oxygens (including phenoxy) is 4. The number of benzene rings is 6. The second-order valence-electron chi connectivity index (χ2n) is 12.8. The molecule has 0 amide bonds. The van der Waals surface area contributed by atoms with E-state index in [9.17, 15) is 17.6 Å². The summed E-state index contributed by atoms with van der Waals surface area (Å²) in [6, 6.07) is 42.3. The van der Waals surface area contributed by atoms with Gasteiger partial charge in [0.05, 0.1) is 22.9 Å². The Labute approximate surface area is 318 Å². The Balaban J connectivity index is 1.27. The van der Waals surface area contributed by atoms with Gasteiger partial charge >= 0.3 is 0 Å². The molecule has 0 N–H and O–H groups in total. The van der Waals surface area contributed by atoms with Crippen molar-refractivity contribution in [3.8, 4) is 5.75 Å². The summed E-state index contributed by atoms with van der Waals surface area (Å²) in [5.74, 6) is -1.22. The maximum absolute atomic E-state index is 14.3. The molecule has 12 heteroatoms. The lowest BCUT2D eigenvalue weighted by atomic mass is 9.98. The third-order valence-corrected chi connectivity index (χ3v) is 13.0. The highest BCUT2D eigenvalue weighted by Crippen LogP contribution is 2.48. The normalized spacial score (nSPS) is 22.4. The highest BCUT2D eigenvalue weighted by molar-refractivity contribution is 7.69. The quantitative estimate of drug-likeness (QED) is 0.0974. The van der Waals surface area contributed by atoms with Crippen molar-refractivity contribution >= 4 is 37.5 Å². The molecule has 0 aromatic heterocycles. The van der Waals surface area contributed by atoms with E-state index in [1.807, 2.05) is 48.5 Å². The monoisotopic (exact) mass is 784 g/mol. The van der Waals surface area contributed by atoms with Gasteiger partial charge in [-0.1, -0.05) is 48.5 Å². The summed E-state index contributed by atoms with van der Waals surface area (Å²) in [5, 5.41) is 2.57. The average Bonchev–Trinajstić information content (AvgIpc) is 3.22. The van der Waals surface area contributed by atoms with Crippen LogP contribution in [-0.4, -0.2) is 37.3 Å². The van der Waals surface area contributed by atoms with Crippen LogP contribution in [0.4, 0.5) is 17.6 Å². The molecule has 6 atom stereocenters. The Morgan fingerprint density at radius 2 is 0.891 bits per heavy atom. The van der Waals surface area contributed by atoms with Crippen LogP contribution in [0.15, 0.2) is 158 Å². The zero-order valence-electron chi connectivity index (χ0n) is 29.0. The van der Waals surface area contributed by atoms with E-state index in [1.54, 1.807) is 60.7 Å². The van der Waals surface area contributed by atoms with Gasteiger partial charge in [0.15, 0.2) is 12.4 Å². The Morgan fingerprint density at radius 3 is 1.35 bits per heavy atom. The summed E-state index contributed by atoms with van der Waals surface area (Å²) in [5.41, 5.74) is 0.777. The minimum absolute atomic E-state index is 0.112. The molecule has 8 rings (SSSR count). The summed E-state index contributed by atoms with van der Waals surface area (Å²) in [7, 11) is -3.58. The van der Waals surface area contributed by atoms with Gasteiger partial charge in [0.2, 0.25) is 6.29 Å². The topological polar surface area (TPSA) is 55.4 Å². The molecule has 1 unspecified atom stereocenters. The second-order valence-corrected chi connectivity index (χ2v) is 16.4. The molecule has 0 aliphatic carbocycles. The van der Waals surface area contributed by atoms with E-state index in [-0.39, 0.29) is 6.61 Å². The molecule has 0 saturated carbocycles. The zero-order chi connectivity index (χ0) is 37.7. The van der Waals surface area contributed by atoms with Gasteiger partial charge in [-0.3, -0.25) is 0 Å². The Hall–Kier alpha value is -4.50. The Morgan fingerprint density at radius 1 is 0.473 bits per heavy atom. The van der Waals surface area contributed by atoms with E-state index < -0.39 is 76.6 Å². The fraction of sp³-hybridized carbons (Fsp3) is 0.163. The first-order chi connectivity index (χ1) is 26.9. The summed E-state index contributed by atoms with van der Waals surface area (Å²) in [6.07, 6.45) is -5.44. The summed E-state index contributed by atoms with van der Waals surface area (Å²) in [6.45, 7) is 0.112. The average molecular weight is 785 g/mol. The van der Waals surface area contributed by atoms with Gasteiger partial charge in [-0.2, -0.15) is 0 Å². The minimum Gasteiger partial charge on any atom is -0.462 e. The number of fused-ring (bicyclic) bond motifs is 1. The van der Waals surface area contributed by atoms with E-state index >= 15 is 0 Å². The molecule has 55 heavy (non-hydrogen) atoms. The van der Waals surface area contributed by atoms with Crippen LogP contribution in [0, 0.1) is 23.3 Å². The van der Waals surface area contributed by atoms with Crippen molar-refractivity contribution in [1.82, 2.24) is 0 Å². The molecule has 0 spiro atoms. The molecule has 6 aromatic rings. The number of rotatable bonds is 11.